The molecule has 1 aromatic rings. The van der Waals surface area contributed by atoms with Crippen molar-refractivity contribution in [3.63, 3.8) is 0 Å². The first kappa shape index (κ1) is 17.4. The standard InChI is InChI=1S/C17H27NO3S/c1-14-13-21-11-10-18(14)22(19,20)12-9-15-5-7-16(8-6-15)17(2,3)4/h5-8,14H,9-13H2,1-4H3. The van der Waals surface area contributed by atoms with Crippen molar-refractivity contribution in [2.75, 3.05) is 25.5 Å². The van der Waals surface area contributed by atoms with Gasteiger partial charge in [0.05, 0.1) is 19.0 Å². The highest BCUT2D eigenvalue weighted by Crippen LogP contribution is 2.22. The molecule has 0 bridgehead atoms. The second kappa shape index (κ2) is 6.69. The second-order valence-corrected chi connectivity index (χ2v) is 9.09. The zero-order chi connectivity index (χ0) is 16.4. The molecule has 0 spiro atoms. The van der Waals surface area contributed by atoms with Crippen LogP contribution in [0.2, 0.25) is 0 Å². The zero-order valence-corrected chi connectivity index (χ0v) is 14.8. The van der Waals surface area contributed by atoms with Gasteiger partial charge in [-0.3, -0.25) is 0 Å². The van der Waals surface area contributed by atoms with Crippen molar-refractivity contribution in [3.05, 3.63) is 35.4 Å². The normalized spacial score (nSPS) is 21.0. The summed E-state index contributed by atoms with van der Waals surface area (Å²) in [6, 6.07) is 8.21. The Hall–Kier alpha value is -0.910. The smallest absolute Gasteiger partial charge is 0.214 e. The highest BCUT2D eigenvalue weighted by Gasteiger charge is 2.29. The van der Waals surface area contributed by atoms with Gasteiger partial charge >= 0.3 is 0 Å². The molecule has 1 unspecified atom stereocenters. The zero-order valence-electron chi connectivity index (χ0n) is 14.0. The predicted molar refractivity (Wildman–Crippen MR) is 89.6 cm³/mol. The van der Waals surface area contributed by atoms with Crippen molar-refractivity contribution in [2.45, 2.75) is 45.6 Å². The summed E-state index contributed by atoms with van der Waals surface area (Å²) in [5.74, 6) is 0.159. The van der Waals surface area contributed by atoms with Crippen LogP contribution in [0.1, 0.15) is 38.8 Å². The van der Waals surface area contributed by atoms with Crippen LogP contribution in [0.3, 0.4) is 0 Å². The molecular formula is C17H27NO3S. The first-order chi connectivity index (χ1) is 10.2. The minimum Gasteiger partial charge on any atom is -0.378 e. The Morgan fingerprint density at radius 1 is 1.23 bits per heavy atom. The maximum Gasteiger partial charge on any atom is 0.214 e. The van der Waals surface area contributed by atoms with Crippen LogP contribution in [-0.2, 0) is 26.6 Å². The average molecular weight is 325 g/mol. The third-order valence-corrected chi connectivity index (χ3v) is 6.11. The Morgan fingerprint density at radius 3 is 2.41 bits per heavy atom. The van der Waals surface area contributed by atoms with E-state index in [0.717, 1.165) is 5.56 Å². The Bertz CT molecular complexity index is 587. The van der Waals surface area contributed by atoms with Gasteiger partial charge in [0, 0.05) is 12.6 Å². The molecule has 2 rings (SSSR count). The average Bonchev–Trinajstić information content (AvgIpc) is 2.45. The van der Waals surface area contributed by atoms with E-state index in [1.807, 2.05) is 19.1 Å². The van der Waals surface area contributed by atoms with Gasteiger partial charge in [0.1, 0.15) is 0 Å². The van der Waals surface area contributed by atoms with E-state index >= 15 is 0 Å². The highest BCUT2D eigenvalue weighted by molar-refractivity contribution is 7.89. The van der Waals surface area contributed by atoms with E-state index in [4.69, 9.17) is 4.74 Å². The lowest BCUT2D eigenvalue weighted by atomic mass is 9.86. The Labute approximate surface area is 134 Å². The van der Waals surface area contributed by atoms with E-state index in [-0.39, 0.29) is 17.2 Å². The number of ether oxygens (including phenoxy) is 1. The van der Waals surface area contributed by atoms with E-state index in [0.29, 0.717) is 26.2 Å². The maximum atomic E-state index is 12.5. The largest absolute Gasteiger partial charge is 0.378 e. The van der Waals surface area contributed by atoms with Crippen LogP contribution in [0.4, 0.5) is 0 Å². The molecule has 124 valence electrons. The van der Waals surface area contributed by atoms with Gasteiger partial charge in [0.15, 0.2) is 0 Å². The second-order valence-electron chi connectivity index (χ2n) is 7.05. The highest BCUT2D eigenvalue weighted by atomic mass is 32.2. The van der Waals surface area contributed by atoms with Crippen LogP contribution >= 0.6 is 0 Å². The van der Waals surface area contributed by atoms with E-state index in [1.165, 1.54) is 5.56 Å². The summed E-state index contributed by atoms with van der Waals surface area (Å²) in [7, 11) is -3.22. The van der Waals surface area contributed by atoms with Gasteiger partial charge in [-0.2, -0.15) is 4.31 Å². The molecule has 1 aliphatic rings. The summed E-state index contributed by atoms with van der Waals surface area (Å²) in [5.41, 5.74) is 2.45. The van der Waals surface area contributed by atoms with Crippen LogP contribution < -0.4 is 0 Å². The van der Waals surface area contributed by atoms with E-state index in [2.05, 4.69) is 32.9 Å². The quantitative estimate of drug-likeness (QED) is 0.855. The van der Waals surface area contributed by atoms with Gasteiger partial charge in [0.25, 0.3) is 0 Å². The minimum absolute atomic E-state index is 0.0676. The molecule has 0 radical (unpaired) electrons. The van der Waals surface area contributed by atoms with Gasteiger partial charge in [-0.05, 0) is 29.9 Å². The summed E-state index contributed by atoms with van der Waals surface area (Å²) in [5, 5.41) is 0. The molecule has 1 fully saturated rings. The molecule has 22 heavy (non-hydrogen) atoms. The summed E-state index contributed by atoms with van der Waals surface area (Å²) in [6.45, 7) is 9.86. The molecule has 1 aromatic carbocycles. The fourth-order valence-corrected chi connectivity index (χ4v) is 4.35. The molecular weight excluding hydrogens is 298 g/mol. The van der Waals surface area contributed by atoms with Gasteiger partial charge < -0.3 is 4.74 Å². The first-order valence-electron chi connectivity index (χ1n) is 7.87. The molecule has 0 aromatic heterocycles. The van der Waals surface area contributed by atoms with Crippen LogP contribution in [0, 0.1) is 0 Å². The van der Waals surface area contributed by atoms with Crippen molar-refractivity contribution in [2.24, 2.45) is 0 Å². The Balaban J connectivity index is 2.00. The lowest BCUT2D eigenvalue weighted by Gasteiger charge is -2.32. The predicted octanol–water partition coefficient (Wildman–Crippen LogP) is 2.58. The summed E-state index contributed by atoms with van der Waals surface area (Å²) in [6.07, 6.45) is 0.552. The van der Waals surface area contributed by atoms with E-state index < -0.39 is 10.0 Å². The monoisotopic (exact) mass is 325 g/mol. The van der Waals surface area contributed by atoms with Crippen LogP contribution in [0.15, 0.2) is 24.3 Å². The molecule has 1 aliphatic heterocycles. The minimum atomic E-state index is -3.22. The molecule has 0 aliphatic carbocycles. The van der Waals surface area contributed by atoms with Gasteiger partial charge in [0.2, 0.25) is 10.0 Å². The van der Waals surface area contributed by atoms with Gasteiger partial charge in [-0.1, -0.05) is 45.0 Å². The van der Waals surface area contributed by atoms with Gasteiger partial charge in [-0.25, -0.2) is 8.42 Å². The summed E-state index contributed by atoms with van der Waals surface area (Å²) in [4.78, 5) is 0. The lowest BCUT2D eigenvalue weighted by Crippen LogP contribution is -2.48. The van der Waals surface area contributed by atoms with Crippen molar-refractivity contribution in [1.82, 2.24) is 4.31 Å². The Morgan fingerprint density at radius 2 is 1.86 bits per heavy atom. The van der Waals surface area contributed by atoms with Crippen molar-refractivity contribution < 1.29 is 13.2 Å². The number of sulfonamides is 1. The molecule has 4 nitrogen and oxygen atoms in total. The summed E-state index contributed by atoms with van der Waals surface area (Å²) < 4.78 is 31.8. The van der Waals surface area contributed by atoms with Crippen molar-refractivity contribution >= 4 is 10.0 Å². The fourth-order valence-electron chi connectivity index (χ4n) is 2.66. The molecule has 0 saturated carbocycles. The number of hydrogen-bond acceptors (Lipinski definition) is 3. The van der Waals surface area contributed by atoms with E-state index in [9.17, 15) is 8.42 Å². The number of rotatable bonds is 4. The first-order valence-corrected chi connectivity index (χ1v) is 9.48. The molecule has 0 amide bonds. The topological polar surface area (TPSA) is 46.6 Å². The molecule has 0 N–H and O–H groups in total. The van der Waals surface area contributed by atoms with Crippen molar-refractivity contribution in [3.8, 4) is 0 Å². The lowest BCUT2D eigenvalue weighted by molar-refractivity contribution is 0.0393. The molecule has 1 saturated heterocycles. The number of nitrogens with zero attached hydrogens (tertiary/aromatic N) is 1. The third-order valence-electron chi connectivity index (χ3n) is 4.13. The molecule has 5 heteroatoms. The third kappa shape index (κ3) is 4.31. The van der Waals surface area contributed by atoms with Crippen molar-refractivity contribution in [1.29, 1.82) is 0 Å². The molecule has 1 heterocycles. The summed E-state index contributed by atoms with van der Waals surface area (Å²) >= 11 is 0. The Kier molecular flexibility index (Phi) is 5.30. The number of hydrogen-bond donors (Lipinski definition) is 0. The van der Waals surface area contributed by atoms with Crippen LogP contribution in [0.25, 0.3) is 0 Å². The number of aryl methyl sites for hydroxylation is 1. The maximum absolute atomic E-state index is 12.5. The number of morpholine rings is 1. The number of benzene rings is 1. The fraction of sp³-hybridized carbons (Fsp3) is 0.647. The van der Waals surface area contributed by atoms with Gasteiger partial charge in [-0.15, -0.1) is 0 Å². The van der Waals surface area contributed by atoms with Crippen LogP contribution in [-0.4, -0.2) is 44.3 Å². The van der Waals surface area contributed by atoms with E-state index in [1.54, 1.807) is 4.31 Å². The molecule has 1 atom stereocenters. The SMILES string of the molecule is CC1COCCN1S(=O)(=O)CCc1ccc(C(C)(C)C)cc1. The van der Waals surface area contributed by atoms with Crippen LogP contribution in [0.5, 0.6) is 0 Å².